The van der Waals surface area contributed by atoms with Crippen molar-refractivity contribution in [2.75, 3.05) is 13.2 Å². The van der Waals surface area contributed by atoms with Gasteiger partial charge in [0.25, 0.3) is 5.91 Å². The van der Waals surface area contributed by atoms with Crippen LogP contribution >= 0.6 is 0 Å². The van der Waals surface area contributed by atoms with Gasteiger partial charge in [-0.25, -0.2) is 4.79 Å². The molecule has 6 heteroatoms. The lowest BCUT2D eigenvalue weighted by Crippen LogP contribution is -2.47. The Morgan fingerprint density at radius 2 is 1.60 bits per heavy atom. The van der Waals surface area contributed by atoms with Crippen LogP contribution in [-0.2, 0) is 4.79 Å². The Bertz CT molecular complexity index is 246. The van der Waals surface area contributed by atoms with Crippen molar-refractivity contribution in [3.05, 3.63) is 0 Å². The van der Waals surface area contributed by atoms with Crippen LogP contribution in [0.1, 0.15) is 25.7 Å². The van der Waals surface area contributed by atoms with Gasteiger partial charge in [-0.05, 0) is 25.7 Å². The molecule has 0 unspecified atom stereocenters. The molecular formula is C9H16N2O4. The predicted octanol–water partition coefficient (Wildman–Crippen LogP) is -0.890. The number of nitrogens with one attached hydrogen (secondary N) is 2. The number of imide groups is 1. The van der Waals surface area contributed by atoms with Crippen LogP contribution in [-0.4, -0.2) is 40.9 Å². The van der Waals surface area contributed by atoms with Crippen molar-refractivity contribution >= 4 is 11.9 Å². The van der Waals surface area contributed by atoms with Crippen LogP contribution in [0.5, 0.6) is 0 Å². The molecule has 0 aromatic heterocycles. The maximum Gasteiger partial charge on any atom is 0.322 e. The van der Waals surface area contributed by atoms with E-state index in [1.807, 2.05) is 0 Å². The standard InChI is InChI=1S/C9H16N2O4/c12-5-1-3-9(4-2-6-13)7(14)10-8(15)11-9/h12-13H,1-6H2,(H2,10,11,14,15). The number of amides is 3. The van der Waals surface area contributed by atoms with Gasteiger partial charge in [0.2, 0.25) is 0 Å². The highest BCUT2D eigenvalue weighted by Gasteiger charge is 2.44. The average Bonchev–Trinajstić information content (AvgIpc) is 2.48. The van der Waals surface area contributed by atoms with Gasteiger partial charge in [-0.15, -0.1) is 0 Å². The maximum atomic E-state index is 11.6. The van der Waals surface area contributed by atoms with E-state index in [1.54, 1.807) is 0 Å². The van der Waals surface area contributed by atoms with E-state index in [0.717, 1.165) is 0 Å². The lowest BCUT2D eigenvalue weighted by molar-refractivity contribution is -0.124. The third kappa shape index (κ3) is 2.66. The summed E-state index contributed by atoms with van der Waals surface area (Å²) in [7, 11) is 0. The van der Waals surface area contributed by atoms with E-state index in [1.165, 1.54) is 0 Å². The Balaban J connectivity index is 2.67. The second-order valence-corrected chi connectivity index (χ2v) is 3.64. The first kappa shape index (κ1) is 11.9. The fraction of sp³-hybridized carbons (Fsp3) is 0.778. The molecule has 0 aliphatic carbocycles. The van der Waals surface area contributed by atoms with Gasteiger partial charge in [0, 0.05) is 13.2 Å². The second-order valence-electron chi connectivity index (χ2n) is 3.64. The van der Waals surface area contributed by atoms with Gasteiger partial charge in [-0.2, -0.15) is 0 Å². The van der Waals surface area contributed by atoms with Crippen LogP contribution in [0, 0.1) is 0 Å². The summed E-state index contributed by atoms with van der Waals surface area (Å²) in [6, 6.07) is -0.504. The Kier molecular flexibility index (Phi) is 4.05. The molecule has 0 saturated carbocycles. The molecule has 0 aromatic rings. The zero-order valence-electron chi connectivity index (χ0n) is 8.45. The molecule has 1 aliphatic rings. The number of hydrogen-bond acceptors (Lipinski definition) is 4. The SMILES string of the molecule is O=C1NC(=O)C(CCCO)(CCCO)N1. The molecule has 0 radical (unpaired) electrons. The monoisotopic (exact) mass is 216 g/mol. The summed E-state index contributed by atoms with van der Waals surface area (Å²) in [6.07, 6.45) is 1.67. The minimum atomic E-state index is -0.942. The molecule has 1 aliphatic heterocycles. The normalized spacial score (nSPS) is 18.8. The third-order valence-corrected chi connectivity index (χ3v) is 2.54. The number of aliphatic hydroxyl groups is 2. The summed E-state index contributed by atoms with van der Waals surface area (Å²) in [5.41, 5.74) is -0.942. The number of rotatable bonds is 6. The third-order valence-electron chi connectivity index (χ3n) is 2.54. The molecule has 1 saturated heterocycles. The quantitative estimate of drug-likeness (QED) is 0.433. The van der Waals surface area contributed by atoms with Crippen molar-refractivity contribution < 1.29 is 19.8 Å². The van der Waals surface area contributed by atoms with Crippen LogP contribution in [0.15, 0.2) is 0 Å². The van der Waals surface area contributed by atoms with Gasteiger partial charge in [0.05, 0.1) is 0 Å². The van der Waals surface area contributed by atoms with Crippen LogP contribution in [0.25, 0.3) is 0 Å². The molecule has 0 spiro atoms. The van der Waals surface area contributed by atoms with Crippen molar-refractivity contribution in [2.24, 2.45) is 0 Å². The van der Waals surface area contributed by atoms with Crippen LogP contribution in [0.2, 0.25) is 0 Å². The van der Waals surface area contributed by atoms with E-state index in [-0.39, 0.29) is 19.1 Å². The summed E-state index contributed by atoms with van der Waals surface area (Å²) < 4.78 is 0. The van der Waals surface area contributed by atoms with Crippen molar-refractivity contribution in [2.45, 2.75) is 31.2 Å². The smallest absolute Gasteiger partial charge is 0.322 e. The van der Waals surface area contributed by atoms with Crippen molar-refractivity contribution in [1.82, 2.24) is 10.6 Å². The van der Waals surface area contributed by atoms with E-state index >= 15 is 0 Å². The minimum Gasteiger partial charge on any atom is -0.396 e. The first-order chi connectivity index (χ1) is 7.14. The molecule has 4 N–H and O–H groups in total. The largest absolute Gasteiger partial charge is 0.396 e. The number of carbonyl (C=O) groups excluding carboxylic acids is 2. The van der Waals surface area contributed by atoms with Crippen molar-refractivity contribution in [3.63, 3.8) is 0 Å². The van der Waals surface area contributed by atoms with Gasteiger partial charge in [-0.3, -0.25) is 10.1 Å². The zero-order chi connectivity index (χ0) is 11.3. The molecule has 15 heavy (non-hydrogen) atoms. The average molecular weight is 216 g/mol. The highest BCUT2D eigenvalue weighted by Crippen LogP contribution is 2.23. The Morgan fingerprint density at radius 3 is 1.93 bits per heavy atom. The van der Waals surface area contributed by atoms with E-state index in [9.17, 15) is 9.59 Å². The first-order valence-electron chi connectivity index (χ1n) is 5.00. The summed E-state index contributed by atoms with van der Waals surface area (Å²) in [5.74, 6) is -0.366. The highest BCUT2D eigenvalue weighted by atomic mass is 16.3. The predicted molar refractivity (Wildman–Crippen MR) is 52.0 cm³/mol. The molecule has 0 aromatic carbocycles. The van der Waals surface area contributed by atoms with E-state index in [4.69, 9.17) is 10.2 Å². The minimum absolute atomic E-state index is 0.0238. The van der Waals surface area contributed by atoms with E-state index < -0.39 is 11.6 Å². The van der Waals surface area contributed by atoms with Crippen molar-refractivity contribution in [3.8, 4) is 0 Å². The molecule has 1 heterocycles. The number of urea groups is 1. The maximum absolute atomic E-state index is 11.6. The summed E-state index contributed by atoms with van der Waals surface area (Å²) in [5, 5.41) is 22.2. The number of hydrogen-bond donors (Lipinski definition) is 4. The molecule has 1 rings (SSSR count). The Hall–Kier alpha value is -1.14. The van der Waals surface area contributed by atoms with Gasteiger partial charge in [-0.1, -0.05) is 0 Å². The first-order valence-corrected chi connectivity index (χ1v) is 5.00. The van der Waals surface area contributed by atoms with Crippen molar-refractivity contribution in [1.29, 1.82) is 0 Å². The number of carbonyl (C=O) groups is 2. The van der Waals surface area contributed by atoms with E-state index in [0.29, 0.717) is 25.7 Å². The fourth-order valence-corrected chi connectivity index (χ4v) is 1.77. The van der Waals surface area contributed by atoms with E-state index in [2.05, 4.69) is 10.6 Å². The van der Waals surface area contributed by atoms with Gasteiger partial charge in [0.1, 0.15) is 5.54 Å². The lowest BCUT2D eigenvalue weighted by Gasteiger charge is -2.25. The van der Waals surface area contributed by atoms with Gasteiger partial charge in [0.15, 0.2) is 0 Å². The Morgan fingerprint density at radius 1 is 1.07 bits per heavy atom. The Labute approximate surface area is 87.7 Å². The van der Waals surface area contributed by atoms with Crippen LogP contribution in [0.3, 0.4) is 0 Å². The van der Waals surface area contributed by atoms with Gasteiger partial charge >= 0.3 is 6.03 Å². The summed E-state index contributed by atoms with van der Waals surface area (Å²) >= 11 is 0. The number of aliphatic hydroxyl groups excluding tert-OH is 2. The second kappa shape index (κ2) is 5.09. The molecule has 86 valence electrons. The topological polar surface area (TPSA) is 98.7 Å². The summed E-state index contributed by atoms with van der Waals surface area (Å²) in [6.45, 7) is -0.0476. The van der Waals surface area contributed by atoms with Crippen LogP contribution in [0.4, 0.5) is 4.79 Å². The summed E-state index contributed by atoms with van der Waals surface area (Å²) in [4.78, 5) is 22.6. The zero-order valence-corrected chi connectivity index (χ0v) is 8.45. The highest BCUT2D eigenvalue weighted by molar-refractivity contribution is 6.06. The lowest BCUT2D eigenvalue weighted by atomic mass is 9.88. The van der Waals surface area contributed by atoms with Crippen LogP contribution < -0.4 is 10.6 Å². The molecule has 3 amide bonds. The molecule has 1 fully saturated rings. The molecule has 0 atom stereocenters. The molecule has 6 nitrogen and oxygen atoms in total. The fourth-order valence-electron chi connectivity index (χ4n) is 1.77. The molecular weight excluding hydrogens is 200 g/mol. The van der Waals surface area contributed by atoms with Gasteiger partial charge < -0.3 is 15.5 Å². The molecule has 0 bridgehead atoms.